The molecule has 6 nitrogen and oxygen atoms in total. The Morgan fingerprint density at radius 2 is 2.06 bits per heavy atom. The number of carboxylic acid groups (broad SMARTS) is 1. The molecule has 0 bridgehead atoms. The van der Waals surface area contributed by atoms with E-state index < -0.39 is 16.0 Å². The summed E-state index contributed by atoms with van der Waals surface area (Å²) in [6.45, 7) is 3.27. The van der Waals surface area contributed by atoms with Gasteiger partial charge in [-0.3, -0.25) is 4.79 Å². The van der Waals surface area contributed by atoms with Gasteiger partial charge in [-0.1, -0.05) is 6.08 Å². The van der Waals surface area contributed by atoms with E-state index in [1.807, 2.05) is 0 Å². The van der Waals surface area contributed by atoms with Gasteiger partial charge in [-0.15, -0.1) is 6.58 Å². The molecule has 0 amide bonds. The molecule has 0 fully saturated rings. The summed E-state index contributed by atoms with van der Waals surface area (Å²) in [5, 5.41) is 17.1. The molecule has 0 aromatic carbocycles. The standard InChI is InChI=1S/C9H17NO5S/c1-2-5-10(6-7-11)16(14,15)8-3-4-9(12)13/h2,11H,1,3-8H2,(H,12,13). The Kier molecular flexibility index (Phi) is 6.95. The Balaban J connectivity index is 4.35. The van der Waals surface area contributed by atoms with Crippen molar-refractivity contribution in [2.75, 3.05) is 25.4 Å². The van der Waals surface area contributed by atoms with Crippen molar-refractivity contribution in [3.63, 3.8) is 0 Å². The van der Waals surface area contributed by atoms with E-state index in [2.05, 4.69) is 6.58 Å². The molecule has 0 aromatic rings. The second-order valence-electron chi connectivity index (χ2n) is 3.18. The van der Waals surface area contributed by atoms with Gasteiger partial charge in [0.2, 0.25) is 10.0 Å². The van der Waals surface area contributed by atoms with E-state index in [0.717, 1.165) is 4.31 Å². The third-order valence-corrected chi connectivity index (χ3v) is 3.79. The van der Waals surface area contributed by atoms with Crippen LogP contribution < -0.4 is 0 Å². The molecule has 0 rings (SSSR count). The Bertz CT molecular complexity index is 325. The molecule has 0 heterocycles. The highest BCUT2D eigenvalue weighted by Gasteiger charge is 2.20. The van der Waals surface area contributed by atoms with Gasteiger partial charge >= 0.3 is 5.97 Å². The van der Waals surface area contributed by atoms with Crippen molar-refractivity contribution >= 4 is 16.0 Å². The summed E-state index contributed by atoms with van der Waals surface area (Å²) in [6.07, 6.45) is 1.31. The fourth-order valence-corrected chi connectivity index (χ4v) is 2.59. The van der Waals surface area contributed by atoms with Gasteiger partial charge < -0.3 is 10.2 Å². The summed E-state index contributed by atoms with van der Waals surface area (Å²) < 4.78 is 24.4. The van der Waals surface area contributed by atoms with Crippen LogP contribution in [0, 0.1) is 0 Å². The van der Waals surface area contributed by atoms with Gasteiger partial charge in [0, 0.05) is 19.5 Å². The molecule has 7 heteroatoms. The number of carbonyl (C=O) groups is 1. The van der Waals surface area contributed by atoms with Gasteiger partial charge in [0.15, 0.2) is 0 Å². The zero-order valence-electron chi connectivity index (χ0n) is 9.00. The van der Waals surface area contributed by atoms with Crippen molar-refractivity contribution in [3.05, 3.63) is 12.7 Å². The monoisotopic (exact) mass is 251 g/mol. The van der Waals surface area contributed by atoms with Crippen molar-refractivity contribution in [2.24, 2.45) is 0 Å². The van der Waals surface area contributed by atoms with Crippen LogP contribution >= 0.6 is 0 Å². The molecule has 0 aliphatic heterocycles. The summed E-state index contributed by atoms with van der Waals surface area (Å²) in [5.74, 6) is -1.25. The third-order valence-electron chi connectivity index (χ3n) is 1.87. The summed E-state index contributed by atoms with van der Waals surface area (Å²) in [4.78, 5) is 10.2. The zero-order valence-corrected chi connectivity index (χ0v) is 9.82. The maximum atomic E-state index is 11.7. The van der Waals surface area contributed by atoms with Crippen molar-refractivity contribution in [3.8, 4) is 0 Å². The molecule has 2 N–H and O–H groups in total. The lowest BCUT2D eigenvalue weighted by Gasteiger charge is -2.19. The molecular formula is C9H17NO5S. The molecule has 94 valence electrons. The molecule has 0 aromatic heterocycles. The van der Waals surface area contributed by atoms with E-state index in [9.17, 15) is 13.2 Å². The van der Waals surface area contributed by atoms with Gasteiger partial charge in [0.1, 0.15) is 0 Å². The molecule has 0 aliphatic rings. The molecule has 0 saturated carbocycles. The van der Waals surface area contributed by atoms with Crippen molar-refractivity contribution < 1.29 is 23.4 Å². The molecule has 0 aliphatic carbocycles. The second kappa shape index (κ2) is 7.37. The number of carboxylic acids is 1. The van der Waals surface area contributed by atoms with E-state index >= 15 is 0 Å². The van der Waals surface area contributed by atoms with Crippen LogP contribution in [0.4, 0.5) is 0 Å². The topological polar surface area (TPSA) is 94.9 Å². The van der Waals surface area contributed by atoms with Crippen molar-refractivity contribution in [1.29, 1.82) is 0 Å². The highest BCUT2D eigenvalue weighted by Crippen LogP contribution is 2.04. The third kappa shape index (κ3) is 5.84. The van der Waals surface area contributed by atoms with E-state index in [1.165, 1.54) is 6.08 Å². The first-order chi connectivity index (χ1) is 7.44. The lowest BCUT2D eigenvalue weighted by Crippen LogP contribution is -2.35. The Morgan fingerprint density at radius 3 is 2.50 bits per heavy atom. The summed E-state index contributed by atoms with van der Waals surface area (Å²) >= 11 is 0. The first kappa shape index (κ1) is 15.1. The van der Waals surface area contributed by atoms with Gasteiger partial charge in [0.25, 0.3) is 0 Å². The predicted octanol–water partition coefficient (Wildman–Crippen LogP) is -0.339. The Morgan fingerprint density at radius 1 is 1.44 bits per heavy atom. The minimum atomic E-state index is -3.50. The largest absolute Gasteiger partial charge is 0.481 e. The van der Waals surface area contributed by atoms with Crippen LogP contribution in [0.5, 0.6) is 0 Å². The van der Waals surface area contributed by atoms with Gasteiger partial charge in [-0.05, 0) is 6.42 Å². The Hall–Kier alpha value is -0.920. The maximum Gasteiger partial charge on any atom is 0.303 e. The lowest BCUT2D eigenvalue weighted by atomic mass is 10.3. The van der Waals surface area contributed by atoms with Gasteiger partial charge in [-0.25, -0.2) is 8.42 Å². The normalized spacial score (nSPS) is 11.6. The number of sulfonamides is 1. The Labute approximate surface area is 95.2 Å². The number of nitrogens with zero attached hydrogens (tertiary/aromatic N) is 1. The highest BCUT2D eigenvalue weighted by molar-refractivity contribution is 7.89. The van der Waals surface area contributed by atoms with Crippen molar-refractivity contribution in [2.45, 2.75) is 12.8 Å². The molecule has 0 atom stereocenters. The molecule has 16 heavy (non-hydrogen) atoms. The van der Waals surface area contributed by atoms with E-state index in [0.29, 0.717) is 0 Å². The van der Waals surface area contributed by atoms with Crippen LogP contribution in [-0.2, 0) is 14.8 Å². The van der Waals surface area contributed by atoms with Gasteiger partial charge in [0.05, 0.1) is 12.4 Å². The van der Waals surface area contributed by atoms with Crippen LogP contribution in [0.25, 0.3) is 0 Å². The van der Waals surface area contributed by atoms with Gasteiger partial charge in [-0.2, -0.15) is 4.31 Å². The minimum Gasteiger partial charge on any atom is -0.481 e. The molecule has 0 spiro atoms. The van der Waals surface area contributed by atoms with Crippen molar-refractivity contribution in [1.82, 2.24) is 4.31 Å². The summed E-state index contributed by atoms with van der Waals surface area (Å²) in [5.41, 5.74) is 0. The second-order valence-corrected chi connectivity index (χ2v) is 5.27. The van der Waals surface area contributed by atoms with Crippen LogP contribution in [-0.4, -0.2) is 54.4 Å². The fourth-order valence-electron chi connectivity index (χ4n) is 1.13. The molecule has 0 radical (unpaired) electrons. The van der Waals surface area contributed by atoms with Crippen LogP contribution in [0.1, 0.15) is 12.8 Å². The number of aliphatic carboxylic acids is 1. The van der Waals surface area contributed by atoms with E-state index in [4.69, 9.17) is 10.2 Å². The number of aliphatic hydroxyl groups excluding tert-OH is 1. The number of aliphatic hydroxyl groups is 1. The lowest BCUT2D eigenvalue weighted by molar-refractivity contribution is -0.137. The first-order valence-corrected chi connectivity index (χ1v) is 6.46. The molecular weight excluding hydrogens is 234 g/mol. The average molecular weight is 251 g/mol. The van der Waals surface area contributed by atoms with Crippen LogP contribution in [0.15, 0.2) is 12.7 Å². The highest BCUT2D eigenvalue weighted by atomic mass is 32.2. The van der Waals surface area contributed by atoms with E-state index in [-0.39, 0.29) is 38.3 Å². The minimum absolute atomic E-state index is 0.00141. The van der Waals surface area contributed by atoms with E-state index in [1.54, 1.807) is 0 Å². The fraction of sp³-hybridized carbons (Fsp3) is 0.667. The number of hydrogen-bond donors (Lipinski definition) is 2. The first-order valence-electron chi connectivity index (χ1n) is 4.85. The SMILES string of the molecule is C=CCN(CCO)S(=O)(=O)CCCC(=O)O. The maximum absolute atomic E-state index is 11.7. The average Bonchev–Trinajstić information content (AvgIpc) is 2.16. The smallest absolute Gasteiger partial charge is 0.303 e. The predicted molar refractivity (Wildman–Crippen MR) is 59.5 cm³/mol. The zero-order chi connectivity index (χ0) is 12.6. The molecule has 0 unspecified atom stereocenters. The van der Waals surface area contributed by atoms with Crippen LogP contribution in [0.2, 0.25) is 0 Å². The van der Waals surface area contributed by atoms with Crippen LogP contribution in [0.3, 0.4) is 0 Å². The number of rotatable bonds is 9. The quantitative estimate of drug-likeness (QED) is 0.547. The summed E-state index contributed by atoms with van der Waals surface area (Å²) in [6, 6.07) is 0. The molecule has 0 saturated heterocycles. The summed E-state index contributed by atoms with van der Waals surface area (Å²) in [7, 11) is -3.50. The number of hydrogen-bond acceptors (Lipinski definition) is 4.